The van der Waals surface area contributed by atoms with E-state index >= 15 is 0 Å². The normalized spacial score (nSPS) is 14.6. The van der Waals surface area contributed by atoms with Gasteiger partial charge in [0.15, 0.2) is 0 Å². The molecule has 0 spiro atoms. The summed E-state index contributed by atoms with van der Waals surface area (Å²) in [5.74, 6) is 0. The third kappa shape index (κ3) is 1.74. The molecular formula is C22H15N. The van der Waals surface area contributed by atoms with Crippen LogP contribution in [0.3, 0.4) is 0 Å². The van der Waals surface area contributed by atoms with Gasteiger partial charge in [0.05, 0.1) is 6.72 Å². The van der Waals surface area contributed by atoms with E-state index in [-0.39, 0.29) is 0 Å². The van der Waals surface area contributed by atoms with Gasteiger partial charge >= 0.3 is 0 Å². The fourth-order valence-electron chi connectivity index (χ4n) is 3.64. The molecular weight excluding hydrogens is 278 g/mol. The third-order valence-electron chi connectivity index (χ3n) is 4.70. The Morgan fingerprint density at radius 1 is 0.739 bits per heavy atom. The van der Waals surface area contributed by atoms with Gasteiger partial charge in [0.2, 0.25) is 0 Å². The Bertz CT molecular complexity index is 1070. The first-order valence-electron chi connectivity index (χ1n) is 7.81. The van der Waals surface area contributed by atoms with Gasteiger partial charge in [-0.2, -0.15) is 0 Å². The fourth-order valence-corrected chi connectivity index (χ4v) is 3.64. The smallest absolute Gasteiger partial charge is 0.147 e. The number of rotatable bonds is 1. The van der Waals surface area contributed by atoms with Gasteiger partial charge in [-0.05, 0) is 44.0 Å². The molecule has 4 aromatic rings. The average molecular weight is 293 g/mol. The van der Waals surface area contributed by atoms with Crippen LogP contribution in [-0.4, -0.2) is 11.3 Å². The van der Waals surface area contributed by atoms with Crippen molar-refractivity contribution in [2.45, 2.75) is 0 Å². The van der Waals surface area contributed by atoms with Crippen molar-refractivity contribution < 1.29 is 4.58 Å². The van der Waals surface area contributed by atoms with Gasteiger partial charge in [0.1, 0.15) is 12.2 Å². The highest BCUT2D eigenvalue weighted by molar-refractivity contribution is 6.23. The zero-order valence-corrected chi connectivity index (χ0v) is 12.7. The molecule has 4 aromatic carbocycles. The third-order valence-corrected chi connectivity index (χ3v) is 4.70. The number of benzene rings is 4. The predicted molar refractivity (Wildman–Crippen MR) is 98.2 cm³/mol. The van der Waals surface area contributed by atoms with Crippen molar-refractivity contribution in [3.05, 3.63) is 90.6 Å². The molecule has 0 atom stereocenters. The lowest BCUT2D eigenvalue weighted by molar-refractivity contribution is -0.417. The molecule has 0 bridgehead atoms. The molecule has 1 nitrogen and oxygen atoms in total. The maximum atomic E-state index is 4.09. The number of hydrogen-bond donors (Lipinski definition) is 0. The summed E-state index contributed by atoms with van der Waals surface area (Å²) >= 11 is 0. The van der Waals surface area contributed by atoms with Gasteiger partial charge in [-0.25, -0.2) is 0 Å². The molecule has 0 fully saturated rings. The van der Waals surface area contributed by atoms with Crippen LogP contribution in [0.4, 0.5) is 0 Å². The highest BCUT2D eigenvalue weighted by Crippen LogP contribution is 2.36. The van der Waals surface area contributed by atoms with Gasteiger partial charge in [-0.3, -0.25) is 4.58 Å². The molecule has 1 heterocycles. The van der Waals surface area contributed by atoms with Crippen molar-refractivity contribution in [1.82, 2.24) is 0 Å². The maximum Gasteiger partial charge on any atom is 0.147 e. The summed E-state index contributed by atoms with van der Waals surface area (Å²) in [6.07, 6.45) is 8.15. The summed E-state index contributed by atoms with van der Waals surface area (Å²) in [5.41, 5.74) is 1.20. The van der Waals surface area contributed by atoms with Crippen molar-refractivity contribution in [3.63, 3.8) is 0 Å². The Balaban J connectivity index is 1.86. The molecule has 23 heavy (non-hydrogen) atoms. The molecule has 0 N–H and O–H groups in total. The monoisotopic (exact) mass is 293 g/mol. The number of allylic oxidation sites excluding steroid dienone is 2. The van der Waals surface area contributed by atoms with Crippen molar-refractivity contribution in [2.24, 2.45) is 0 Å². The highest BCUT2D eigenvalue weighted by atomic mass is 15.0. The molecule has 0 radical (unpaired) electrons. The summed E-state index contributed by atoms with van der Waals surface area (Å²) in [5, 5.41) is 7.90. The van der Waals surface area contributed by atoms with Crippen molar-refractivity contribution in [1.29, 1.82) is 0 Å². The van der Waals surface area contributed by atoms with E-state index in [0.717, 1.165) is 6.04 Å². The van der Waals surface area contributed by atoms with E-state index in [1.807, 2.05) is 16.9 Å². The predicted octanol–water partition coefficient (Wildman–Crippen LogP) is 5.26. The van der Waals surface area contributed by atoms with Crippen LogP contribution in [0.5, 0.6) is 0 Å². The van der Waals surface area contributed by atoms with E-state index in [1.54, 1.807) is 0 Å². The second kappa shape index (κ2) is 4.47. The Kier molecular flexibility index (Phi) is 2.42. The second-order valence-electron chi connectivity index (χ2n) is 6.06. The van der Waals surface area contributed by atoms with E-state index in [2.05, 4.69) is 73.5 Å². The van der Waals surface area contributed by atoms with Crippen LogP contribution in [0, 0.1) is 6.04 Å². The van der Waals surface area contributed by atoms with Crippen molar-refractivity contribution in [2.75, 3.05) is 0 Å². The minimum atomic E-state index is 1.12. The van der Waals surface area contributed by atoms with Crippen LogP contribution in [0.25, 0.3) is 32.3 Å². The molecule has 0 aromatic heterocycles. The number of nitrogens with zero attached hydrogens (tertiary/aromatic N) is 1. The van der Waals surface area contributed by atoms with E-state index in [1.165, 1.54) is 37.9 Å². The molecule has 0 amide bonds. The van der Waals surface area contributed by atoms with Crippen LogP contribution in [0.15, 0.2) is 79.0 Å². The average Bonchev–Trinajstić information content (AvgIpc) is 2.60. The Morgan fingerprint density at radius 3 is 2.00 bits per heavy atom. The van der Waals surface area contributed by atoms with Crippen LogP contribution in [0.2, 0.25) is 0 Å². The first-order valence-corrected chi connectivity index (χ1v) is 7.81. The lowest BCUT2D eigenvalue weighted by atomic mass is 9.91. The highest BCUT2D eigenvalue weighted by Gasteiger charge is 2.16. The van der Waals surface area contributed by atoms with Gasteiger partial charge in [0.25, 0.3) is 0 Å². The van der Waals surface area contributed by atoms with Crippen LogP contribution in [-0.2, 0) is 0 Å². The summed E-state index contributed by atoms with van der Waals surface area (Å²) in [6, 6.07) is 21.1. The molecule has 1 aliphatic heterocycles. The van der Waals surface area contributed by atoms with Gasteiger partial charge in [-0.15, -0.1) is 6.08 Å². The van der Waals surface area contributed by atoms with Crippen molar-refractivity contribution in [3.8, 4) is 0 Å². The van der Waals surface area contributed by atoms with Gasteiger partial charge in [0, 0.05) is 0 Å². The Labute approximate surface area is 134 Å². The van der Waals surface area contributed by atoms with Gasteiger partial charge < -0.3 is 0 Å². The first kappa shape index (κ1) is 12.5. The van der Waals surface area contributed by atoms with E-state index in [4.69, 9.17) is 0 Å². The topological polar surface area (TPSA) is 3.01 Å². The standard InChI is InChI=1S/C22H15N/c1-23-12-3-2-7-20(23)19-13-17-10-8-15-5-4-6-16-9-11-18(14-19)22(17)21(15)16/h2-14H,1H2. The quantitative estimate of drug-likeness (QED) is 0.256. The molecule has 108 valence electrons. The zero-order chi connectivity index (χ0) is 15.4. The molecule has 1 aliphatic rings. The lowest BCUT2D eigenvalue weighted by Gasteiger charge is -2.19. The Hall–Kier alpha value is -3.06. The van der Waals surface area contributed by atoms with Crippen LogP contribution < -0.4 is 0 Å². The summed E-state index contributed by atoms with van der Waals surface area (Å²) in [6.45, 7) is 4.09. The second-order valence-corrected chi connectivity index (χ2v) is 6.06. The fraction of sp³-hybridized carbons (Fsp3) is 0. The largest absolute Gasteiger partial charge is 0.255 e. The minimum Gasteiger partial charge on any atom is -0.255 e. The molecule has 5 rings (SSSR count). The van der Waals surface area contributed by atoms with Crippen molar-refractivity contribution >= 4 is 39.0 Å². The van der Waals surface area contributed by atoms with Crippen LogP contribution >= 0.6 is 0 Å². The molecule has 0 unspecified atom stereocenters. The SMILES string of the molecule is C=[N+]1C=CC=C[C-]1c1cc2ccc3cccc4ccc(c1)c2c34. The van der Waals surface area contributed by atoms with E-state index in [9.17, 15) is 0 Å². The zero-order valence-electron chi connectivity index (χ0n) is 12.7. The molecule has 1 heteroatoms. The minimum absolute atomic E-state index is 1.12. The summed E-state index contributed by atoms with van der Waals surface area (Å²) < 4.78 is 1.92. The molecule has 0 saturated carbocycles. The summed E-state index contributed by atoms with van der Waals surface area (Å²) in [4.78, 5) is 0. The first-order chi connectivity index (χ1) is 11.3. The summed E-state index contributed by atoms with van der Waals surface area (Å²) in [7, 11) is 0. The molecule has 0 saturated heterocycles. The maximum absolute atomic E-state index is 4.09. The lowest BCUT2D eigenvalue weighted by Crippen LogP contribution is -2.12. The Morgan fingerprint density at radius 2 is 1.35 bits per heavy atom. The van der Waals surface area contributed by atoms with Crippen LogP contribution in [0.1, 0.15) is 5.56 Å². The van der Waals surface area contributed by atoms with E-state index < -0.39 is 0 Å². The molecule has 0 aliphatic carbocycles. The van der Waals surface area contributed by atoms with Gasteiger partial charge in [-0.1, -0.05) is 60.7 Å². The number of hydrogen-bond acceptors (Lipinski definition) is 0. The van der Waals surface area contributed by atoms with E-state index in [0.29, 0.717) is 0 Å².